The molecule has 1 fully saturated rings. The Morgan fingerprint density at radius 3 is 2.42 bits per heavy atom. The van der Waals surface area contributed by atoms with Crippen LogP contribution >= 0.6 is 24.0 Å². The van der Waals surface area contributed by atoms with E-state index in [1.54, 1.807) is 19.2 Å². The van der Waals surface area contributed by atoms with Crippen LogP contribution in [0.2, 0.25) is 0 Å². The predicted molar refractivity (Wildman–Crippen MR) is 105 cm³/mol. The number of thioether (sulfide) groups is 1. The Morgan fingerprint density at radius 2 is 1.85 bits per heavy atom. The van der Waals surface area contributed by atoms with E-state index in [0.717, 1.165) is 28.6 Å². The van der Waals surface area contributed by atoms with E-state index in [4.69, 9.17) is 17.0 Å². The van der Waals surface area contributed by atoms with Crippen LogP contribution in [0.4, 0.5) is 10.5 Å². The van der Waals surface area contributed by atoms with Gasteiger partial charge in [0.2, 0.25) is 0 Å². The molecule has 1 heterocycles. The van der Waals surface area contributed by atoms with Gasteiger partial charge in [0.25, 0.3) is 10.9 Å². The fourth-order valence-electron chi connectivity index (χ4n) is 2.39. The number of hydrogen-bond acceptors (Lipinski definition) is 6. The van der Waals surface area contributed by atoms with E-state index in [9.17, 15) is 14.9 Å². The second-order valence-corrected chi connectivity index (χ2v) is 6.84. The maximum absolute atomic E-state index is 12.3. The van der Waals surface area contributed by atoms with Gasteiger partial charge in [0, 0.05) is 12.1 Å². The highest BCUT2D eigenvalue weighted by Crippen LogP contribution is 2.34. The average Bonchev–Trinajstić information content (AvgIpc) is 2.90. The van der Waals surface area contributed by atoms with E-state index >= 15 is 0 Å². The smallest absolute Gasteiger partial charge is 0.291 e. The number of benzene rings is 2. The van der Waals surface area contributed by atoms with Crippen LogP contribution in [0.5, 0.6) is 5.75 Å². The number of non-ortho nitro benzene ring substituents is 1. The van der Waals surface area contributed by atoms with Gasteiger partial charge in [0.15, 0.2) is 0 Å². The van der Waals surface area contributed by atoms with Crippen molar-refractivity contribution >= 4 is 46.0 Å². The molecule has 1 amide bonds. The fraction of sp³-hybridized carbons (Fsp3) is 0.111. The summed E-state index contributed by atoms with van der Waals surface area (Å²) < 4.78 is 5.13. The van der Waals surface area contributed by atoms with Crippen molar-refractivity contribution in [3.05, 3.63) is 74.7 Å². The van der Waals surface area contributed by atoms with Crippen LogP contribution in [-0.2, 0) is 6.54 Å². The maximum Gasteiger partial charge on any atom is 0.291 e. The second kappa shape index (κ2) is 7.67. The Labute approximate surface area is 159 Å². The number of hydrogen-bond donors (Lipinski definition) is 0. The third kappa shape index (κ3) is 3.92. The molecule has 0 aliphatic carbocycles. The van der Waals surface area contributed by atoms with Crippen molar-refractivity contribution in [2.75, 3.05) is 7.11 Å². The van der Waals surface area contributed by atoms with Gasteiger partial charge in [0.1, 0.15) is 10.7 Å². The number of carbonyl (C=O) groups is 1. The highest BCUT2D eigenvalue weighted by atomic mass is 32.2. The molecular formula is C18H14N2O4S2. The molecule has 1 aliphatic rings. The van der Waals surface area contributed by atoms with Crippen LogP contribution in [0.15, 0.2) is 53.4 Å². The molecule has 0 N–H and O–H groups in total. The molecule has 8 heteroatoms. The number of nitro groups is 1. The van der Waals surface area contributed by atoms with Gasteiger partial charge in [-0.05, 0) is 41.1 Å². The molecule has 1 aliphatic heterocycles. The summed E-state index contributed by atoms with van der Waals surface area (Å²) in [4.78, 5) is 25.2. The number of amides is 1. The summed E-state index contributed by atoms with van der Waals surface area (Å²) in [5, 5.41) is 10.6. The first kappa shape index (κ1) is 18.1. The minimum Gasteiger partial charge on any atom is -0.497 e. The SMILES string of the molecule is COc1ccc(/C=C2/SC(=O)N(Cc3ccc([N+](=O)[O-])cc3)C2=S)cc1. The van der Waals surface area contributed by atoms with E-state index in [1.165, 1.54) is 17.0 Å². The molecule has 3 rings (SSSR count). The quantitative estimate of drug-likeness (QED) is 0.323. The van der Waals surface area contributed by atoms with Gasteiger partial charge in [-0.15, -0.1) is 0 Å². The van der Waals surface area contributed by atoms with Crippen LogP contribution in [0.3, 0.4) is 0 Å². The lowest BCUT2D eigenvalue weighted by Crippen LogP contribution is -2.26. The Morgan fingerprint density at radius 1 is 1.19 bits per heavy atom. The highest BCUT2D eigenvalue weighted by molar-refractivity contribution is 8.19. The Balaban J connectivity index is 1.75. The van der Waals surface area contributed by atoms with Crippen molar-refractivity contribution in [2.45, 2.75) is 6.54 Å². The normalized spacial score (nSPS) is 15.6. The van der Waals surface area contributed by atoms with E-state index < -0.39 is 4.92 Å². The monoisotopic (exact) mass is 386 g/mol. The fourth-order valence-corrected chi connectivity index (χ4v) is 3.63. The zero-order chi connectivity index (χ0) is 18.7. The van der Waals surface area contributed by atoms with Crippen molar-refractivity contribution in [1.29, 1.82) is 0 Å². The molecule has 0 unspecified atom stereocenters. The van der Waals surface area contributed by atoms with Gasteiger partial charge in [-0.25, -0.2) is 0 Å². The number of rotatable bonds is 5. The van der Waals surface area contributed by atoms with E-state index in [-0.39, 0.29) is 17.5 Å². The van der Waals surface area contributed by atoms with E-state index in [0.29, 0.717) is 9.89 Å². The van der Waals surface area contributed by atoms with Gasteiger partial charge < -0.3 is 4.74 Å². The largest absolute Gasteiger partial charge is 0.497 e. The molecule has 0 aromatic heterocycles. The first-order chi connectivity index (χ1) is 12.5. The molecule has 6 nitrogen and oxygen atoms in total. The summed E-state index contributed by atoms with van der Waals surface area (Å²) in [6.45, 7) is 0.280. The minimum absolute atomic E-state index is 0.0125. The van der Waals surface area contributed by atoms with Crippen LogP contribution in [0.1, 0.15) is 11.1 Å². The molecule has 0 bridgehead atoms. The Hall–Kier alpha value is -2.71. The van der Waals surface area contributed by atoms with Crippen molar-refractivity contribution < 1.29 is 14.5 Å². The lowest BCUT2D eigenvalue weighted by Gasteiger charge is -2.14. The van der Waals surface area contributed by atoms with E-state index in [2.05, 4.69) is 0 Å². The summed E-state index contributed by atoms with van der Waals surface area (Å²) in [7, 11) is 1.60. The van der Waals surface area contributed by atoms with E-state index in [1.807, 2.05) is 30.3 Å². The number of ether oxygens (including phenoxy) is 1. The highest BCUT2D eigenvalue weighted by Gasteiger charge is 2.31. The third-order valence-corrected chi connectivity index (χ3v) is 5.27. The van der Waals surface area contributed by atoms with Crippen molar-refractivity contribution in [2.24, 2.45) is 0 Å². The summed E-state index contributed by atoms with van der Waals surface area (Å²) in [6, 6.07) is 13.5. The maximum atomic E-state index is 12.3. The summed E-state index contributed by atoms with van der Waals surface area (Å²) in [6.07, 6.45) is 1.86. The Kier molecular flexibility index (Phi) is 5.34. The lowest BCUT2D eigenvalue weighted by atomic mass is 10.2. The number of nitrogens with zero attached hydrogens (tertiary/aromatic N) is 2. The van der Waals surface area contributed by atoms with Crippen molar-refractivity contribution in [1.82, 2.24) is 4.90 Å². The molecular weight excluding hydrogens is 372 g/mol. The summed E-state index contributed by atoms with van der Waals surface area (Å²) >= 11 is 6.52. The van der Waals surface area contributed by atoms with Crippen LogP contribution < -0.4 is 4.74 Å². The average molecular weight is 386 g/mol. The van der Waals surface area contributed by atoms with Gasteiger partial charge >= 0.3 is 0 Å². The van der Waals surface area contributed by atoms with Gasteiger partial charge in [-0.1, -0.05) is 36.5 Å². The topological polar surface area (TPSA) is 72.7 Å². The van der Waals surface area contributed by atoms with Crippen LogP contribution in [0.25, 0.3) is 6.08 Å². The molecule has 0 radical (unpaired) electrons. The Bertz CT molecular complexity index is 892. The third-order valence-electron chi connectivity index (χ3n) is 3.78. The van der Waals surface area contributed by atoms with Crippen LogP contribution in [0, 0.1) is 10.1 Å². The standard InChI is InChI=1S/C18H14N2O4S2/c1-24-15-8-4-12(5-9-15)10-16-17(25)19(18(21)26-16)11-13-2-6-14(7-3-13)20(22)23/h2-10H,11H2,1H3/b16-10+. The van der Waals surface area contributed by atoms with Crippen molar-refractivity contribution in [3.63, 3.8) is 0 Å². The second-order valence-electron chi connectivity index (χ2n) is 5.46. The zero-order valence-corrected chi connectivity index (χ0v) is 15.4. The minimum atomic E-state index is -0.457. The molecule has 1 saturated heterocycles. The number of thiocarbonyl (C=S) groups is 1. The lowest BCUT2D eigenvalue weighted by molar-refractivity contribution is -0.384. The van der Waals surface area contributed by atoms with Gasteiger partial charge in [0.05, 0.1) is 23.5 Å². The van der Waals surface area contributed by atoms with Gasteiger partial charge in [-0.2, -0.15) is 0 Å². The molecule has 2 aromatic rings. The number of nitro benzene ring substituents is 1. The molecule has 26 heavy (non-hydrogen) atoms. The van der Waals surface area contributed by atoms with Gasteiger partial charge in [-0.3, -0.25) is 19.8 Å². The van der Waals surface area contributed by atoms with Crippen LogP contribution in [-0.4, -0.2) is 27.2 Å². The molecule has 132 valence electrons. The predicted octanol–water partition coefficient (Wildman–Crippen LogP) is 4.64. The summed E-state index contributed by atoms with van der Waals surface area (Å²) in [5.41, 5.74) is 1.71. The number of carbonyl (C=O) groups excluding carboxylic acids is 1. The first-order valence-electron chi connectivity index (χ1n) is 7.60. The summed E-state index contributed by atoms with van der Waals surface area (Å²) in [5.74, 6) is 0.754. The van der Waals surface area contributed by atoms with Crippen molar-refractivity contribution in [3.8, 4) is 5.75 Å². The zero-order valence-electron chi connectivity index (χ0n) is 13.7. The molecule has 2 aromatic carbocycles. The number of methoxy groups -OCH3 is 1. The first-order valence-corrected chi connectivity index (χ1v) is 8.83. The molecule has 0 atom stereocenters. The molecule has 0 saturated carbocycles. The molecule has 0 spiro atoms.